The van der Waals surface area contributed by atoms with Crippen LogP contribution in [0.15, 0.2) is 48.5 Å². The summed E-state index contributed by atoms with van der Waals surface area (Å²) >= 11 is 0. The quantitative estimate of drug-likeness (QED) is 0.569. The van der Waals surface area contributed by atoms with Gasteiger partial charge in [0.15, 0.2) is 9.84 Å². The number of rotatable bonds is 8. The van der Waals surface area contributed by atoms with Crippen LogP contribution in [-0.2, 0) is 24.2 Å². The molecule has 1 aliphatic heterocycles. The van der Waals surface area contributed by atoms with Crippen molar-refractivity contribution in [2.75, 3.05) is 24.7 Å². The maximum atomic E-state index is 13.1. The smallest absolute Gasteiger partial charge is 0.407 e. The number of carboxylic acid groups (broad SMARTS) is 1. The lowest BCUT2D eigenvalue weighted by atomic mass is 9.98. The molecule has 0 bridgehead atoms. The molecular formula is C25H28N2O7S. The molecule has 2 aromatic carbocycles. The second-order valence-electron chi connectivity index (χ2n) is 8.85. The van der Waals surface area contributed by atoms with Gasteiger partial charge in [-0.05, 0) is 35.1 Å². The van der Waals surface area contributed by atoms with Crippen molar-refractivity contribution in [1.82, 2.24) is 10.2 Å². The van der Waals surface area contributed by atoms with E-state index in [0.717, 1.165) is 27.2 Å². The fourth-order valence-electron chi connectivity index (χ4n) is 4.87. The van der Waals surface area contributed by atoms with Gasteiger partial charge >= 0.3 is 12.1 Å². The summed E-state index contributed by atoms with van der Waals surface area (Å²) in [7, 11) is -3.33. The Labute approximate surface area is 204 Å². The molecule has 1 saturated heterocycles. The Kier molecular flexibility index (Phi) is 7.11. The van der Waals surface area contributed by atoms with E-state index in [0.29, 0.717) is 0 Å². The summed E-state index contributed by atoms with van der Waals surface area (Å²) in [6, 6.07) is 14.1. The van der Waals surface area contributed by atoms with Gasteiger partial charge in [-0.2, -0.15) is 0 Å². The lowest BCUT2D eigenvalue weighted by molar-refractivity contribution is -0.146. The topological polar surface area (TPSA) is 130 Å². The molecule has 9 nitrogen and oxygen atoms in total. The summed E-state index contributed by atoms with van der Waals surface area (Å²) in [5, 5.41) is 11.8. The van der Waals surface area contributed by atoms with Crippen LogP contribution in [0.4, 0.5) is 4.79 Å². The molecule has 2 N–H and O–H groups in total. The van der Waals surface area contributed by atoms with Gasteiger partial charge in [0.1, 0.15) is 19.2 Å². The molecule has 1 fully saturated rings. The number of hydrogen-bond donors (Lipinski definition) is 2. The van der Waals surface area contributed by atoms with Crippen LogP contribution in [0.3, 0.4) is 0 Å². The number of carboxylic acids is 1. The number of nitrogens with zero attached hydrogens (tertiary/aromatic N) is 1. The molecule has 2 atom stereocenters. The van der Waals surface area contributed by atoms with Gasteiger partial charge in [-0.25, -0.2) is 13.2 Å². The van der Waals surface area contributed by atoms with Crippen LogP contribution in [0, 0.1) is 0 Å². The Morgan fingerprint density at radius 2 is 1.69 bits per heavy atom. The minimum Gasteiger partial charge on any atom is -0.480 e. The minimum atomic E-state index is -3.33. The molecule has 0 aromatic heterocycles. The zero-order chi connectivity index (χ0) is 25.2. The number of carbonyl (C=O) groups excluding carboxylic acids is 2. The number of benzene rings is 2. The largest absolute Gasteiger partial charge is 0.480 e. The van der Waals surface area contributed by atoms with Crippen molar-refractivity contribution in [3.8, 4) is 11.1 Å². The summed E-state index contributed by atoms with van der Waals surface area (Å²) in [5.41, 5.74) is 4.29. The van der Waals surface area contributed by atoms with Crippen LogP contribution in [0.1, 0.15) is 36.8 Å². The van der Waals surface area contributed by atoms with Gasteiger partial charge in [0.2, 0.25) is 5.91 Å². The van der Waals surface area contributed by atoms with Crippen molar-refractivity contribution < 1.29 is 32.6 Å². The second kappa shape index (κ2) is 10.1. The van der Waals surface area contributed by atoms with Gasteiger partial charge in [0.05, 0.1) is 11.5 Å². The van der Waals surface area contributed by atoms with E-state index in [1.807, 2.05) is 48.5 Å². The zero-order valence-corrected chi connectivity index (χ0v) is 20.2. The Hall–Kier alpha value is -3.40. The first-order valence-electron chi connectivity index (χ1n) is 11.5. The van der Waals surface area contributed by atoms with Crippen molar-refractivity contribution in [3.63, 3.8) is 0 Å². The van der Waals surface area contributed by atoms with Gasteiger partial charge in [-0.15, -0.1) is 0 Å². The predicted octanol–water partition coefficient (Wildman–Crippen LogP) is 2.40. The molecule has 1 aliphatic carbocycles. The first kappa shape index (κ1) is 24.7. The van der Waals surface area contributed by atoms with E-state index in [4.69, 9.17) is 4.74 Å². The molecule has 2 unspecified atom stereocenters. The molecule has 1 heterocycles. The van der Waals surface area contributed by atoms with E-state index in [9.17, 15) is 27.9 Å². The predicted molar refractivity (Wildman–Crippen MR) is 129 cm³/mol. The maximum Gasteiger partial charge on any atom is 0.407 e. The minimum absolute atomic E-state index is 0.0736. The van der Waals surface area contributed by atoms with Crippen LogP contribution in [0.25, 0.3) is 11.1 Å². The summed E-state index contributed by atoms with van der Waals surface area (Å²) < 4.78 is 29.3. The van der Waals surface area contributed by atoms with Crippen molar-refractivity contribution >= 4 is 27.8 Å². The number of alkyl carbamates (subject to hydrolysis) is 1. The summed E-state index contributed by atoms with van der Waals surface area (Å²) in [5.74, 6) is -2.41. The molecule has 35 heavy (non-hydrogen) atoms. The lowest BCUT2D eigenvalue weighted by Gasteiger charge is -2.30. The average Bonchev–Trinajstić information content (AvgIpc) is 3.36. The van der Waals surface area contributed by atoms with E-state index in [1.165, 1.54) is 0 Å². The maximum absolute atomic E-state index is 13.1. The normalized spacial score (nSPS) is 18.8. The number of aliphatic carboxylic acids is 1. The zero-order valence-electron chi connectivity index (χ0n) is 19.3. The fraction of sp³-hybridized carbons (Fsp3) is 0.400. The molecule has 4 rings (SSSR count). The van der Waals surface area contributed by atoms with E-state index in [-0.39, 0.29) is 36.9 Å². The molecule has 2 aliphatic rings. The third-order valence-corrected chi connectivity index (χ3v) is 8.33. The highest BCUT2D eigenvalue weighted by atomic mass is 32.2. The van der Waals surface area contributed by atoms with Gasteiger partial charge < -0.3 is 20.1 Å². The third kappa shape index (κ3) is 5.32. The van der Waals surface area contributed by atoms with Gasteiger partial charge in [0, 0.05) is 12.0 Å². The highest BCUT2D eigenvalue weighted by Crippen LogP contribution is 2.44. The first-order valence-corrected chi connectivity index (χ1v) is 13.4. The first-order chi connectivity index (χ1) is 16.7. The van der Waals surface area contributed by atoms with Gasteiger partial charge in [-0.1, -0.05) is 55.5 Å². The highest BCUT2D eigenvalue weighted by molar-refractivity contribution is 7.91. The molecule has 186 valence electrons. The average molecular weight is 501 g/mol. The van der Waals surface area contributed by atoms with Gasteiger partial charge in [-0.3, -0.25) is 9.59 Å². The van der Waals surface area contributed by atoms with Crippen molar-refractivity contribution in [2.24, 2.45) is 0 Å². The molecule has 2 amide bonds. The van der Waals surface area contributed by atoms with Gasteiger partial charge in [0.25, 0.3) is 0 Å². The Morgan fingerprint density at radius 3 is 2.20 bits per heavy atom. The van der Waals surface area contributed by atoms with Crippen molar-refractivity contribution in [3.05, 3.63) is 59.7 Å². The Balaban J connectivity index is 1.43. The number of nitrogens with one attached hydrogen (secondary N) is 1. The van der Waals surface area contributed by atoms with E-state index in [1.54, 1.807) is 6.92 Å². The molecule has 2 aromatic rings. The van der Waals surface area contributed by atoms with E-state index < -0.39 is 46.4 Å². The fourth-order valence-corrected chi connectivity index (χ4v) is 6.61. The van der Waals surface area contributed by atoms with Crippen LogP contribution < -0.4 is 5.32 Å². The molecule has 0 saturated carbocycles. The monoisotopic (exact) mass is 500 g/mol. The summed E-state index contributed by atoms with van der Waals surface area (Å²) in [6.45, 7) is 1.11. The molecule has 10 heteroatoms. The van der Waals surface area contributed by atoms with Crippen LogP contribution in [-0.4, -0.2) is 73.1 Å². The Morgan fingerprint density at radius 1 is 1.09 bits per heavy atom. The van der Waals surface area contributed by atoms with Crippen molar-refractivity contribution in [2.45, 2.75) is 37.8 Å². The second-order valence-corrected chi connectivity index (χ2v) is 11.1. The van der Waals surface area contributed by atoms with Crippen LogP contribution in [0.5, 0.6) is 0 Å². The lowest BCUT2D eigenvalue weighted by Crippen LogP contribution is -2.53. The van der Waals surface area contributed by atoms with Crippen LogP contribution >= 0.6 is 0 Å². The van der Waals surface area contributed by atoms with Crippen molar-refractivity contribution in [1.29, 1.82) is 0 Å². The number of fused-ring (bicyclic) bond motifs is 3. The number of amides is 2. The van der Waals surface area contributed by atoms with Crippen LogP contribution in [0.2, 0.25) is 0 Å². The van der Waals surface area contributed by atoms with E-state index in [2.05, 4.69) is 5.32 Å². The third-order valence-electron chi connectivity index (χ3n) is 6.58. The number of hydrogen-bond acceptors (Lipinski definition) is 6. The Bertz CT molecular complexity index is 1200. The SMILES string of the molecule is CCC(NC(=O)OCC1c2ccccc2-c2ccccc21)C(=O)N(CC(=O)O)C1CCS(=O)(=O)C1. The highest BCUT2D eigenvalue weighted by Gasteiger charge is 2.38. The van der Waals surface area contributed by atoms with E-state index >= 15 is 0 Å². The number of carbonyl (C=O) groups is 3. The number of ether oxygens (including phenoxy) is 1. The summed E-state index contributed by atoms with van der Waals surface area (Å²) in [4.78, 5) is 38.2. The molecule has 0 radical (unpaired) electrons. The summed E-state index contributed by atoms with van der Waals surface area (Å²) in [6.07, 6.45) is -0.428. The standard InChI is InChI=1S/C25H28N2O7S/c1-2-22(24(30)27(13-23(28)29)16-11-12-35(32,33)15-16)26-25(31)34-14-21-19-9-5-3-7-17(19)18-8-4-6-10-20(18)21/h3-10,16,21-22H,2,11-15H2,1H3,(H,26,31)(H,28,29). The molecule has 0 spiro atoms. The molecular weight excluding hydrogens is 472 g/mol. The number of sulfone groups is 1.